The average molecular weight is 212 g/mol. The SMILES string of the molecule is Cc1nc2cnc(C(=O)O)cn2c1Cl. The highest BCUT2D eigenvalue weighted by Gasteiger charge is 2.10. The minimum Gasteiger partial charge on any atom is -0.476 e. The van der Waals surface area contributed by atoms with E-state index in [2.05, 4.69) is 9.97 Å². The second kappa shape index (κ2) is 2.95. The van der Waals surface area contributed by atoms with Gasteiger partial charge in [0.1, 0.15) is 5.15 Å². The highest BCUT2D eigenvalue weighted by molar-refractivity contribution is 6.30. The molecule has 0 bridgehead atoms. The van der Waals surface area contributed by atoms with Gasteiger partial charge in [-0.15, -0.1) is 0 Å². The summed E-state index contributed by atoms with van der Waals surface area (Å²) in [6, 6.07) is 0. The van der Waals surface area contributed by atoms with Crippen LogP contribution in [0.2, 0.25) is 5.15 Å². The van der Waals surface area contributed by atoms with Gasteiger partial charge in [-0.05, 0) is 6.92 Å². The summed E-state index contributed by atoms with van der Waals surface area (Å²) >= 11 is 5.90. The number of carboxylic acids is 1. The van der Waals surface area contributed by atoms with Gasteiger partial charge in [0.15, 0.2) is 11.3 Å². The van der Waals surface area contributed by atoms with Gasteiger partial charge in [-0.25, -0.2) is 14.8 Å². The molecule has 0 atom stereocenters. The Morgan fingerprint density at radius 2 is 2.36 bits per heavy atom. The molecule has 2 heterocycles. The summed E-state index contributed by atoms with van der Waals surface area (Å²) in [5.74, 6) is -1.09. The molecule has 72 valence electrons. The summed E-state index contributed by atoms with van der Waals surface area (Å²) in [6.45, 7) is 1.75. The van der Waals surface area contributed by atoms with Crippen LogP contribution in [0.1, 0.15) is 16.2 Å². The van der Waals surface area contributed by atoms with Gasteiger partial charge in [-0.1, -0.05) is 11.6 Å². The molecular weight excluding hydrogens is 206 g/mol. The van der Waals surface area contributed by atoms with Crippen molar-refractivity contribution in [3.8, 4) is 0 Å². The minimum absolute atomic E-state index is 0.0585. The molecule has 0 aliphatic carbocycles. The molecule has 0 aliphatic heterocycles. The number of nitrogens with zero attached hydrogens (tertiary/aromatic N) is 3. The molecule has 2 aromatic heterocycles. The van der Waals surface area contributed by atoms with E-state index in [1.807, 2.05) is 0 Å². The predicted molar refractivity (Wildman–Crippen MR) is 49.7 cm³/mol. The van der Waals surface area contributed by atoms with Gasteiger partial charge in [0, 0.05) is 6.20 Å². The van der Waals surface area contributed by atoms with Crippen molar-refractivity contribution in [2.75, 3.05) is 0 Å². The van der Waals surface area contributed by atoms with Crippen LogP contribution in [0.4, 0.5) is 0 Å². The first-order chi connectivity index (χ1) is 6.59. The van der Waals surface area contributed by atoms with Crippen molar-refractivity contribution >= 4 is 23.2 Å². The van der Waals surface area contributed by atoms with Gasteiger partial charge in [0.2, 0.25) is 0 Å². The van der Waals surface area contributed by atoms with Crippen molar-refractivity contribution in [1.29, 1.82) is 0 Å². The second-order valence-corrected chi connectivity index (χ2v) is 3.15. The van der Waals surface area contributed by atoms with Gasteiger partial charge >= 0.3 is 5.97 Å². The van der Waals surface area contributed by atoms with E-state index in [1.165, 1.54) is 16.8 Å². The van der Waals surface area contributed by atoms with Gasteiger partial charge in [-0.3, -0.25) is 4.40 Å². The molecule has 2 aromatic rings. The molecule has 0 amide bonds. The molecule has 2 rings (SSSR count). The Labute approximate surface area is 84.0 Å². The van der Waals surface area contributed by atoms with Crippen molar-refractivity contribution in [3.63, 3.8) is 0 Å². The molecule has 0 fully saturated rings. The molecule has 14 heavy (non-hydrogen) atoms. The quantitative estimate of drug-likeness (QED) is 0.774. The maximum absolute atomic E-state index is 10.6. The highest BCUT2D eigenvalue weighted by atomic mass is 35.5. The van der Waals surface area contributed by atoms with E-state index in [9.17, 15) is 4.79 Å². The lowest BCUT2D eigenvalue weighted by molar-refractivity contribution is 0.0690. The van der Waals surface area contributed by atoms with Crippen molar-refractivity contribution in [3.05, 3.63) is 28.9 Å². The predicted octanol–water partition coefficient (Wildman–Crippen LogP) is 1.39. The fourth-order valence-corrected chi connectivity index (χ4v) is 1.33. The van der Waals surface area contributed by atoms with Crippen LogP contribution in [0.25, 0.3) is 5.65 Å². The summed E-state index contributed by atoms with van der Waals surface area (Å²) in [7, 11) is 0. The fourth-order valence-electron chi connectivity index (χ4n) is 1.15. The van der Waals surface area contributed by atoms with E-state index >= 15 is 0 Å². The molecule has 0 unspecified atom stereocenters. The van der Waals surface area contributed by atoms with Crippen LogP contribution in [0.15, 0.2) is 12.4 Å². The molecule has 6 heteroatoms. The lowest BCUT2D eigenvalue weighted by Gasteiger charge is -1.96. The third kappa shape index (κ3) is 1.22. The van der Waals surface area contributed by atoms with E-state index in [-0.39, 0.29) is 5.69 Å². The summed E-state index contributed by atoms with van der Waals surface area (Å²) in [5, 5.41) is 9.11. The number of hydrogen-bond donors (Lipinski definition) is 1. The van der Waals surface area contributed by atoms with Crippen LogP contribution < -0.4 is 0 Å². The minimum atomic E-state index is -1.09. The number of fused-ring (bicyclic) bond motifs is 1. The number of halogens is 1. The van der Waals surface area contributed by atoms with E-state index in [4.69, 9.17) is 16.7 Å². The van der Waals surface area contributed by atoms with Gasteiger partial charge in [-0.2, -0.15) is 0 Å². The number of carbonyl (C=O) groups is 1. The van der Waals surface area contributed by atoms with Gasteiger partial charge < -0.3 is 5.11 Å². The molecule has 0 radical (unpaired) electrons. The number of aryl methyl sites for hydroxylation is 1. The number of aromatic carboxylic acids is 1. The van der Waals surface area contributed by atoms with Crippen LogP contribution in [0.3, 0.4) is 0 Å². The van der Waals surface area contributed by atoms with Gasteiger partial charge in [0.25, 0.3) is 0 Å². The first-order valence-corrected chi connectivity index (χ1v) is 4.21. The second-order valence-electron chi connectivity index (χ2n) is 2.79. The van der Waals surface area contributed by atoms with E-state index in [1.54, 1.807) is 6.92 Å². The fraction of sp³-hybridized carbons (Fsp3) is 0.125. The van der Waals surface area contributed by atoms with Crippen LogP contribution in [0.5, 0.6) is 0 Å². The summed E-state index contributed by atoms with van der Waals surface area (Å²) < 4.78 is 1.49. The summed E-state index contributed by atoms with van der Waals surface area (Å²) in [5.41, 5.74) is 1.13. The van der Waals surface area contributed by atoms with Crippen LogP contribution in [-0.2, 0) is 0 Å². The Bertz CT molecular complexity index is 521. The topological polar surface area (TPSA) is 67.5 Å². The standard InChI is InChI=1S/C8H6ClN3O2/c1-4-7(9)12-3-5(8(13)14)10-2-6(12)11-4/h2-3H,1H3,(H,13,14). The van der Waals surface area contributed by atoms with E-state index in [0.29, 0.717) is 16.5 Å². The van der Waals surface area contributed by atoms with Crippen molar-refractivity contribution < 1.29 is 9.90 Å². The van der Waals surface area contributed by atoms with Crippen LogP contribution in [-0.4, -0.2) is 25.4 Å². The van der Waals surface area contributed by atoms with Crippen LogP contribution >= 0.6 is 11.6 Å². The normalized spacial score (nSPS) is 10.7. The van der Waals surface area contributed by atoms with Crippen molar-refractivity contribution in [2.45, 2.75) is 6.92 Å². The number of hydrogen-bond acceptors (Lipinski definition) is 3. The largest absolute Gasteiger partial charge is 0.476 e. The Morgan fingerprint density at radius 1 is 1.64 bits per heavy atom. The molecule has 0 aromatic carbocycles. The molecule has 5 nitrogen and oxygen atoms in total. The Kier molecular flexibility index (Phi) is 1.89. The maximum Gasteiger partial charge on any atom is 0.356 e. The maximum atomic E-state index is 10.6. The third-order valence-corrected chi connectivity index (χ3v) is 2.28. The molecule has 0 saturated heterocycles. The Morgan fingerprint density at radius 3 is 3.00 bits per heavy atom. The van der Waals surface area contributed by atoms with Crippen molar-refractivity contribution in [2.24, 2.45) is 0 Å². The zero-order chi connectivity index (χ0) is 10.3. The number of rotatable bonds is 1. The van der Waals surface area contributed by atoms with E-state index < -0.39 is 5.97 Å². The first-order valence-electron chi connectivity index (χ1n) is 3.83. The molecule has 0 aliphatic rings. The summed E-state index contributed by atoms with van der Waals surface area (Å²) in [4.78, 5) is 18.4. The van der Waals surface area contributed by atoms with E-state index in [0.717, 1.165) is 0 Å². The lowest BCUT2D eigenvalue weighted by Crippen LogP contribution is -2.02. The third-order valence-electron chi connectivity index (χ3n) is 1.83. The lowest BCUT2D eigenvalue weighted by atomic mass is 10.4. The zero-order valence-electron chi connectivity index (χ0n) is 7.23. The first kappa shape index (κ1) is 8.96. The monoisotopic (exact) mass is 211 g/mol. The van der Waals surface area contributed by atoms with Crippen molar-refractivity contribution in [1.82, 2.24) is 14.4 Å². The molecule has 1 N–H and O–H groups in total. The Hall–Kier alpha value is -1.62. The number of aromatic nitrogens is 3. The van der Waals surface area contributed by atoms with Crippen LogP contribution in [0, 0.1) is 6.92 Å². The molecule has 0 saturated carbocycles. The number of imidazole rings is 1. The smallest absolute Gasteiger partial charge is 0.356 e. The average Bonchev–Trinajstić information content (AvgIpc) is 2.43. The zero-order valence-corrected chi connectivity index (χ0v) is 7.99. The Balaban J connectivity index is 2.76. The highest BCUT2D eigenvalue weighted by Crippen LogP contribution is 2.16. The van der Waals surface area contributed by atoms with Gasteiger partial charge in [0.05, 0.1) is 11.9 Å². The molecule has 0 spiro atoms. The summed E-state index contributed by atoms with van der Waals surface area (Å²) in [6.07, 6.45) is 2.72. The number of carboxylic acid groups (broad SMARTS) is 1. The molecular formula is C8H6ClN3O2.